The van der Waals surface area contributed by atoms with E-state index in [0.717, 1.165) is 31.5 Å². The summed E-state index contributed by atoms with van der Waals surface area (Å²) in [6.07, 6.45) is 3.70. The molecule has 0 spiro atoms. The maximum atomic E-state index is 9.49. The van der Waals surface area contributed by atoms with Crippen molar-refractivity contribution < 1.29 is 9.84 Å². The topological polar surface area (TPSA) is 54.4 Å². The van der Waals surface area contributed by atoms with Crippen molar-refractivity contribution in [1.29, 1.82) is 0 Å². The highest BCUT2D eigenvalue weighted by atomic mass is 16.5. The van der Waals surface area contributed by atoms with Crippen LogP contribution in [0, 0.1) is 5.41 Å². The lowest BCUT2D eigenvalue weighted by molar-refractivity contribution is 0.113. The number of nitrogens with one attached hydrogen (secondary N) is 1. The smallest absolute Gasteiger partial charge is 0.213 e. The van der Waals surface area contributed by atoms with Crippen LogP contribution in [0.5, 0.6) is 5.88 Å². The number of methoxy groups -OCH3 is 1. The highest BCUT2D eigenvalue weighted by Gasteiger charge is 2.24. The van der Waals surface area contributed by atoms with Crippen LogP contribution >= 0.6 is 0 Å². The van der Waals surface area contributed by atoms with Gasteiger partial charge >= 0.3 is 0 Å². The molecule has 0 radical (unpaired) electrons. The van der Waals surface area contributed by atoms with Gasteiger partial charge in [-0.05, 0) is 24.5 Å². The molecular weight excluding hydrogens is 228 g/mol. The number of hydrogen-bond acceptors (Lipinski definition) is 4. The second kappa shape index (κ2) is 7.34. The first-order valence-corrected chi connectivity index (χ1v) is 6.50. The minimum atomic E-state index is -0.00286. The van der Waals surface area contributed by atoms with E-state index in [1.54, 1.807) is 13.3 Å². The van der Waals surface area contributed by atoms with Gasteiger partial charge in [0.05, 0.1) is 7.11 Å². The third-order valence-corrected chi connectivity index (χ3v) is 3.67. The van der Waals surface area contributed by atoms with Crippen LogP contribution in [-0.2, 0) is 6.54 Å². The van der Waals surface area contributed by atoms with E-state index < -0.39 is 0 Å². The van der Waals surface area contributed by atoms with Crippen molar-refractivity contribution in [2.24, 2.45) is 5.41 Å². The summed E-state index contributed by atoms with van der Waals surface area (Å²) >= 11 is 0. The molecule has 0 saturated heterocycles. The van der Waals surface area contributed by atoms with E-state index >= 15 is 0 Å². The van der Waals surface area contributed by atoms with Crippen LogP contribution in [0.3, 0.4) is 0 Å². The molecule has 0 atom stereocenters. The first kappa shape index (κ1) is 14.9. The van der Waals surface area contributed by atoms with Gasteiger partial charge in [0.2, 0.25) is 5.88 Å². The first-order valence-electron chi connectivity index (χ1n) is 6.50. The van der Waals surface area contributed by atoms with Gasteiger partial charge in [0, 0.05) is 37.4 Å². The molecule has 1 heterocycles. The van der Waals surface area contributed by atoms with Crippen LogP contribution in [0.2, 0.25) is 0 Å². The number of pyridine rings is 1. The van der Waals surface area contributed by atoms with Gasteiger partial charge in [-0.2, -0.15) is 0 Å². The summed E-state index contributed by atoms with van der Waals surface area (Å²) in [7, 11) is 1.62. The normalized spacial score (nSPS) is 11.6. The van der Waals surface area contributed by atoms with Crippen LogP contribution in [0.4, 0.5) is 0 Å². The van der Waals surface area contributed by atoms with E-state index in [2.05, 4.69) is 24.1 Å². The van der Waals surface area contributed by atoms with E-state index in [-0.39, 0.29) is 12.0 Å². The Balaban J connectivity index is 2.49. The van der Waals surface area contributed by atoms with Crippen molar-refractivity contribution in [3.05, 3.63) is 23.9 Å². The molecule has 1 aromatic heterocycles. The molecule has 1 aromatic rings. The molecule has 0 fully saturated rings. The second-order valence-corrected chi connectivity index (χ2v) is 4.68. The summed E-state index contributed by atoms with van der Waals surface area (Å²) in [5.74, 6) is 0.633. The average Bonchev–Trinajstić information content (AvgIpc) is 2.44. The maximum Gasteiger partial charge on any atom is 0.213 e. The van der Waals surface area contributed by atoms with E-state index in [9.17, 15) is 5.11 Å². The lowest BCUT2D eigenvalue weighted by atomic mass is 9.83. The predicted octanol–water partition coefficient (Wildman–Crippen LogP) is 1.98. The molecule has 0 aromatic carbocycles. The van der Waals surface area contributed by atoms with Gasteiger partial charge in [0.1, 0.15) is 0 Å². The molecule has 0 saturated carbocycles. The van der Waals surface area contributed by atoms with E-state index in [4.69, 9.17) is 4.74 Å². The fourth-order valence-electron chi connectivity index (χ4n) is 1.92. The number of nitrogens with zero attached hydrogens (tertiary/aromatic N) is 1. The van der Waals surface area contributed by atoms with Crippen LogP contribution in [-0.4, -0.2) is 30.4 Å². The summed E-state index contributed by atoms with van der Waals surface area (Å²) in [6, 6.07) is 3.89. The zero-order chi connectivity index (χ0) is 13.4. The molecule has 2 N–H and O–H groups in total. The van der Waals surface area contributed by atoms with Crippen molar-refractivity contribution in [3.63, 3.8) is 0 Å². The Morgan fingerprint density at radius 1 is 1.39 bits per heavy atom. The highest BCUT2D eigenvalue weighted by molar-refractivity contribution is 5.20. The number of aromatic nitrogens is 1. The average molecular weight is 252 g/mol. The van der Waals surface area contributed by atoms with Crippen LogP contribution in [0.15, 0.2) is 18.3 Å². The number of aliphatic hydroxyl groups is 1. The van der Waals surface area contributed by atoms with Crippen LogP contribution in [0.25, 0.3) is 0 Å². The molecular formula is C14H24N2O2. The fourth-order valence-corrected chi connectivity index (χ4v) is 1.92. The molecule has 0 aliphatic carbocycles. The Labute approximate surface area is 109 Å². The quantitative estimate of drug-likeness (QED) is 0.743. The number of hydrogen-bond donors (Lipinski definition) is 2. The van der Waals surface area contributed by atoms with Crippen molar-refractivity contribution in [2.75, 3.05) is 20.3 Å². The third kappa shape index (κ3) is 3.96. The van der Waals surface area contributed by atoms with E-state index in [0.29, 0.717) is 5.88 Å². The van der Waals surface area contributed by atoms with Crippen molar-refractivity contribution >= 4 is 0 Å². The van der Waals surface area contributed by atoms with Crippen LogP contribution < -0.4 is 10.1 Å². The summed E-state index contributed by atoms with van der Waals surface area (Å²) < 4.78 is 5.09. The first-order chi connectivity index (χ1) is 8.69. The molecule has 1 rings (SSSR count). The monoisotopic (exact) mass is 252 g/mol. The third-order valence-electron chi connectivity index (χ3n) is 3.67. The number of rotatable bonds is 8. The zero-order valence-electron chi connectivity index (χ0n) is 11.6. The highest BCUT2D eigenvalue weighted by Crippen LogP contribution is 2.24. The molecule has 0 amide bonds. The van der Waals surface area contributed by atoms with E-state index in [1.807, 2.05) is 12.1 Å². The molecule has 0 aliphatic rings. The van der Waals surface area contributed by atoms with E-state index in [1.165, 1.54) is 0 Å². The van der Waals surface area contributed by atoms with Crippen molar-refractivity contribution in [1.82, 2.24) is 10.3 Å². The molecule has 4 nitrogen and oxygen atoms in total. The molecule has 4 heteroatoms. The Morgan fingerprint density at radius 3 is 2.67 bits per heavy atom. The molecule has 0 aliphatic heterocycles. The predicted molar refractivity (Wildman–Crippen MR) is 72.6 cm³/mol. The number of ether oxygens (including phenoxy) is 1. The molecule has 0 unspecified atom stereocenters. The summed E-state index contributed by atoms with van der Waals surface area (Å²) in [5.41, 5.74) is 1.14. The van der Waals surface area contributed by atoms with Gasteiger partial charge in [0.15, 0.2) is 0 Å². The lowest BCUT2D eigenvalue weighted by Crippen LogP contribution is -2.36. The van der Waals surface area contributed by atoms with Gasteiger partial charge in [-0.1, -0.05) is 13.8 Å². The maximum absolute atomic E-state index is 9.49. The minimum absolute atomic E-state index is 0.00286. The van der Waals surface area contributed by atoms with Gasteiger partial charge in [0.25, 0.3) is 0 Å². The van der Waals surface area contributed by atoms with Gasteiger partial charge in [-0.3, -0.25) is 0 Å². The Bertz CT molecular complexity index is 343. The molecule has 102 valence electrons. The molecule has 18 heavy (non-hydrogen) atoms. The Kier molecular flexibility index (Phi) is 6.09. The minimum Gasteiger partial charge on any atom is -0.481 e. The summed E-state index contributed by atoms with van der Waals surface area (Å²) in [5, 5.41) is 12.9. The second-order valence-electron chi connectivity index (χ2n) is 4.68. The Morgan fingerprint density at radius 2 is 2.11 bits per heavy atom. The zero-order valence-corrected chi connectivity index (χ0v) is 11.6. The fraction of sp³-hybridized carbons (Fsp3) is 0.643. The summed E-state index contributed by atoms with van der Waals surface area (Å²) in [6.45, 7) is 6.06. The SMILES string of the molecule is CCC(CC)(CO)CNCc1ccnc(OC)c1. The van der Waals surface area contributed by atoms with Gasteiger partial charge < -0.3 is 15.2 Å². The van der Waals surface area contributed by atoms with Crippen molar-refractivity contribution in [2.45, 2.75) is 33.2 Å². The standard InChI is InChI=1S/C14H24N2O2/c1-4-14(5-2,11-17)10-15-9-12-6-7-16-13(8-12)18-3/h6-8,15,17H,4-5,9-11H2,1-3H3. The largest absolute Gasteiger partial charge is 0.481 e. The lowest BCUT2D eigenvalue weighted by Gasteiger charge is -2.29. The van der Waals surface area contributed by atoms with Gasteiger partial charge in [-0.15, -0.1) is 0 Å². The van der Waals surface area contributed by atoms with Gasteiger partial charge in [-0.25, -0.2) is 4.98 Å². The number of aliphatic hydroxyl groups excluding tert-OH is 1. The summed E-state index contributed by atoms with van der Waals surface area (Å²) in [4.78, 5) is 4.07. The molecule has 0 bridgehead atoms. The van der Waals surface area contributed by atoms with Crippen LogP contribution in [0.1, 0.15) is 32.3 Å². The Hall–Kier alpha value is -1.13. The van der Waals surface area contributed by atoms with Crippen molar-refractivity contribution in [3.8, 4) is 5.88 Å².